The Morgan fingerprint density at radius 2 is 1.80 bits per heavy atom. The van der Waals surface area contributed by atoms with E-state index < -0.39 is 7.12 Å². The Balaban J connectivity index is 1.72. The minimum absolute atomic E-state index is 0.139. The summed E-state index contributed by atoms with van der Waals surface area (Å²) in [5, 5.41) is 2.85. The van der Waals surface area contributed by atoms with Gasteiger partial charge in [0.05, 0.1) is 24.0 Å². The molecule has 0 unspecified atom stereocenters. The average Bonchev–Trinajstić information content (AvgIpc) is 3.11. The summed E-state index contributed by atoms with van der Waals surface area (Å²) in [6.07, 6.45) is 1.59. The molecular weight excluding hydrogens is 317 g/mol. The van der Waals surface area contributed by atoms with Gasteiger partial charge in [-0.05, 0) is 64.3 Å². The van der Waals surface area contributed by atoms with Gasteiger partial charge in [-0.15, -0.1) is 0 Å². The molecule has 3 rings (SSSR count). The smallest absolute Gasteiger partial charge is 0.467 e. The van der Waals surface area contributed by atoms with E-state index in [9.17, 15) is 4.79 Å². The standard InChI is InChI=1S/C19H24BNO4/c1-13-11-14(17(22)21-12-15-7-6-10-23-15)8-9-16(13)20-24-18(2,3)19(4,5)25-20/h6-11H,12H2,1-5H3,(H,21,22). The van der Waals surface area contributed by atoms with Gasteiger partial charge in [0.1, 0.15) is 5.76 Å². The normalized spacial score (nSPS) is 18.4. The first-order valence-electron chi connectivity index (χ1n) is 8.46. The van der Waals surface area contributed by atoms with E-state index in [4.69, 9.17) is 13.7 Å². The van der Waals surface area contributed by atoms with Gasteiger partial charge in [0.15, 0.2) is 0 Å². The molecule has 1 aromatic heterocycles. The largest absolute Gasteiger partial charge is 0.495 e. The van der Waals surface area contributed by atoms with Crippen molar-refractivity contribution in [3.8, 4) is 0 Å². The lowest BCUT2D eigenvalue weighted by molar-refractivity contribution is 0.00578. The summed E-state index contributed by atoms with van der Waals surface area (Å²) >= 11 is 0. The summed E-state index contributed by atoms with van der Waals surface area (Å²) in [7, 11) is -0.426. The SMILES string of the molecule is Cc1cc(C(=O)NCc2ccco2)ccc1B1OC(C)(C)C(C)(C)O1. The number of carbonyl (C=O) groups excluding carboxylic acids is 1. The molecule has 1 aliphatic rings. The quantitative estimate of drug-likeness (QED) is 0.869. The second-order valence-corrected chi connectivity index (χ2v) is 7.42. The second kappa shape index (κ2) is 6.35. The Bertz CT molecular complexity index is 752. The van der Waals surface area contributed by atoms with E-state index in [1.165, 1.54) is 0 Å². The number of amides is 1. The molecule has 5 nitrogen and oxygen atoms in total. The summed E-state index contributed by atoms with van der Waals surface area (Å²) in [6, 6.07) is 9.18. The van der Waals surface area contributed by atoms with Crippen LogP contribution in [-0.4, -0.2) is 24.2 Å². The zero-order valence-electron chi connectivity index (χ0n) is 15.4. The minimum Gasteiger partial charge on any atom is -0.467 e. The van der Waals surface area contributed by atoms with Crippen molar-refractivity contribution in [3.05, 3.63) is 53.5 Å². The van der Waals surface area contributed by atoms with Crippen LogP contribution in [0.2, 0.25) is 0 Å². The van der Waals surface area contributed by atoms with Gasteiger partial charge in [0, 0.05) is 5.56 Å². The fourth-order valence-corrected chi connectivity index (χ4v) is 2.73. The van der Waals surface area contributed by atoms with Crippen LogP contribution in [0, 0.1) is 6.92 Å². The fourth-order valence-electron chi connectivity index (χ4n) is 2.73. The molecule has 0 spiro atoms. The lowest BCUT2D eigenvalue weighted by Crippen LogP contribution is -2.41. The van der Waals surface area contributed by atoms with Crippen LogP contribution in [0.5, 0.6) is 0 Å². The molecule has 0 saturated carbocycles. The van der Waals surface area contributed by atoms with E-state index in [0.29, 0.717) is 12.1 Å². The number of furan rings is 1. The third kappa shape index (κ3) is 3.50. The number of hydrogen-bond acceptors (Lipinski definition) is 4. The highest BCUT2D eigenvalue weighted by molar-refractivity contribution is 6.62. The first-order valence-corrected chi connectivity index (χ1v) is 8.46. The van der Waals surface area contributed by atoms with Crippen molar-refractivity contribution in [1.29, 1.82) is 0 Å². The van der Waals surface area contributed by atoms with Crippen LogP contribution in [0.15, 0.2) is 41.0 Å². The highest BCUT2D eigenvalue weighted by atomic mass is 16.7. The lowest BCUT2D eigenvalue weighted by Gasteiger charge is -2.32. The van der Waals surface area contributed by atoms with Gasteiger partial charge in [0.25, 0.3) is 5.91 Å². The van der Waals surface area contributed by atoms with E-state index in [2.05, 4.69) is 5.32 Å². The summed E-state index contributed by atoms with van der Waals surface area (Å²) in [5.74, 6) is 0.582. The molecular formula is C19H24BNO4. The Morgan fingerprint density at radius 3 is 2.36 bits per heavy atom. The van der Waals surface area contributed by atoms with Gasteiger partial charge < -0.3 is 19.0 Å². The monoisotopic (exact) mass is 341 g/mol. The third-order valence-electron chi connectivity index (χ3n) is 5.04. The van der Waals surface area contributed by atoms with Gasteiger partial charge >= 0.3 is 7.12 Å². The number of carbonyl (C=O) groups is 1. The van der Waals surface area contributed by atoms with Crippen LogP contribution in [0.1, 0.15) is 49.4 Å². The zero-order chi connectivity index (χ0) is 18.2. The Hall–Kier alpha value is -2.05. The maximum Gasteiger partial charge on any atom is 0.495 e. The third-order valence-corrected chi connectivity index (χ3v) is 5.04. The van der Waals surface area contributed by atoms with Crippen molar-refractivity contribution in [3.63, 3.8) is 0 Å². The number of rotatable bonds is 4. The number of hydrogen-bond donors (Lipinski definition) is 1. The van der Waals surface area contributed by atoms with Crippen molar-refractivity contribution >= 4 is 18.5 Å². The molecule has 0 bridgehead atoms. The molecule has 1 aliphatic heterocycles. The van der Waals surface area contributed by atoms with Crippen molar-refractivity contribution in [2.45, 2.75) is 52.4 Å². The summed E-state index contributed by atoms with van der Waals surface area (Å²) in [4.78, 5) is 12.3. The van der Waals surface area contributed by atoms with Crippen LogP contribution >= 0.6 is 0 Å². The second-order valence-electron chi connectivity index (χ2n) is 7.42. The maximum atomic E-state index is 12.3. The van der Waals surface area contributed by atoms with E-state index in [-0.39, 0.29) is 17.1 Å². The molecule has 1 fully saturated rings. The topological polar surface area (TPSA) is 60.7 Å². The highest BCUT2D eigenvalue weighted by Gasteiger charge is 2.52. The molecule has 2 heterocycles. The van der Waals surface area contributed by atoms with Crippen LogP contribution in [0.4, 0.5) is 0 Å². The van der Waals surface area contributed by atoms with Crippen LogP contribution in [0.25, 0.3) is 0 Å². The molecule has 1 aromatic carbocycles. The molecule has 6 heteroatoms. The Kier molecular flexibility index (Phi) is 4.52. The average molecular weight is 341 g/mol. The van der Waals surface area contributed by atoms with E-state index >= 15 is 0 Å². The number of nitrogens with one attached hydrogen (secondary N) is 1. The first-order chi connectivity index (χ1) is 11.7. The minimum atomic E-state index is -0.426. The zero-order valence-corrected chi connectivity index (χ0v) is 15.4. The predicted octanol–water partition coefficient (Wildman–Crippen LogP) is 2.82. The summed E-state index contributed by atoms with van der Waals surface area (Å²) < 4.78 is 17.4. The lowest BCUT2D eigenvalue weighted by atomic mass is 9.76. The van der Waals surface area contributed by atoms with Crippen molar-refractivity contribution in [2.24, 2.45) is 0 Å². The van der Waals surface area contributed by atoms with Crippen molar-refractivity contribution in [1.82, 2.24) is 5.32 Å². The number of benzene rings is 1. The van der Waals surface area contributed by atoms with Gasteiger partial charge in [-0.1, -0.05) is 11.6 Å². The van der Waals surface area contributed by atoms with Crippen molar-refractivity contribution in [2.75, 3.05) is 0 Å². The predicted molar refractivity (Wildman–Crippen MR) is 96.8 cm³/mol. The Labute approximate surface area is 148 Å². The molecule has 0 atom stereocenters. The van der Waals surface area contributed by atoms with Gasteiger partial charge in [-0.25, -0.2) is 0 Å². The van der Waals surface area contributed by atoms with E-state index in [1.54, 1.807) is 18.4 Å². The first kappa shape index (κ1) is 17.8. The van der Waals surface area contributed by atoms with Gasteiger partial charge in [-0.3, -0.25) is 4.79 Å². The molecule has 132 valence electrons. The Morgan fingerprint density at radius 1 is 1.12 bits per heavy atom. The number of aryl methyl sites for hydroxylation is 1. The summed E-state index contributed by atoms with van der Waals surface area (Å²) in [6.45, 7) is 10.4. The molecule has 25 heavy (non-hydrogen) atoms. The van der Waals surface area contributed by atoms with Crippen LogP contribution < -0.4 is 10.8 Å². The van der Waals surface area contributed by atoms with E-state index in [0.717, 1.165) is 16.8 Å². The van der Waals surface area contributed by atoms with Crippen molar-refractivity contribution < 1.29 is 18.5 Å². The van der Waals surface area contributed by atoms with Gasteiger partial charge in [-0.2, -0.15) is 0 Å². The molecule has 1 saturated heterocycles. The summed E-state index contributed by atoms with van der Waals surface area (Å²) in [5.41, 5.74) is 1.74. The fraction of sp³-hybridized carbons (Fsp3) is 0.421. The molecule has 1 N–H and O–H groups in total. The molecule has 1 amide bonds. The van der Waals surface area contributed by atoms with E-state index in [1.807, 2.05) is 52.8 Å². The maximum absolute atomic E-state index is 12.3. The molecule has 2 aromatic rings. The van der Waals surface area contributed by atoms with Crippen LogP contribution in [0.3, 0.4) is 0 Å². The molecule has 0 aliphatic carbocycles. The van der Waals surface area contributed by atoms with Crippen LogP contribution in [-0.2, 0) is 15.9 Å². The highest BCUT2D eigenvalue weighted by Crippen LogP contribution is 2.36. The van der Waals surface area contributed by atoms with Gasteiger partial charge in [0.2, 0.25) is 0 Å². The molecule has 0 radical (unpaired) electrons.